The molecular weight excluding hydrogens is 274 g/mol. The number of carbonyl (C=O) groups excluding carboxylic acids is 1. The van der Waals surface area contributed by atoms with Crippen molar-refractivity contribution >= 4 is 11.9 Å². The summed E-state index contributed by atoms with van der Waals surface area (Å²) in [7, 11) is 1.66. The van der Waals surface area contributed by atoms with Gasteiger partial charge in [0, 0.05) is 29.9 Å². The second kappa shape index (κ2) is 5.66. The van der Waals surface area contributed by atoms with Crippen LogP contribution < -0.4 is 5.32 Å². The third-order valence-electron chi connectivity index (χ3n) is 3.13. The number of carbonyl (C=O) groups is 2. The van der Waals surface area contributed by atoms with Gasteiger partial charge in [-0.15, -0.1) is 0 Å². The Kier molecular flexibility index (Phi) is 3.93. The number of hydrogen-bond acceptors (Lipinski definition) is 4. The first-order valence-electron chi connectivity index (χ1n) is 6.21. The summed E-state index contributed by atoms with van der Waals surface area (Å²) in [5, 5.41) is 25.2. The van der Waals surface area contributed by atoms with Crippen LogP contribution in [0.25, 0.3) is 0 Å². The molecule has 1 aromatic carbocycles. The zero-order chi connectivity index (χ0) is 15.6. The Labute approximate surface area is 120 Å². The lowest BCUT2D eigenvalue weighted by Gasteiger charge is -2.14. The van der Waals surface area contributed by atoms with Crippen LogP contribution >= 0.6 is 0 Å². The number of phenols is 1. The second-order valence-corrected chi connectivity index (χ2v) is 4.64. The van der Waals surface area contributed by atoms with E-state index >= 15 is 0 Å². The maximum atomic E-state index is 12.2. The van der Waals surface area contributed by atoms with Crippen LogP contribution in [-0.4, -0.2) is 31.9 Å². The van der Waals surface area contributed by atoms with Gasteiger partial charge in [0.25, 0.3) is 5.91 Å². The van der Waals surface area contributed by atoms with Crippen LogP contribution in [0, 0.1) is 6.92 Å². The highest BCUT2D eigenvalue weighted by Gasteiger charge is 2.24. The molecule has 1 atom stereocenters. The highest BCUT2D eigenvalue weighted by molar-refractivity contribution is 5.98. The molecule has 1 aromatic heterocycles. The molecule has 7 nitrogen and oxygen atoms in total. The average molecular weight is 289 g/mol. The molecule has 2 rings (SSSR count). The van der Waals surface area contributed by atoms with Gasteiger partial charge in [-0.2, -0.15) is 5.10 Å². The molecule has 0 aliphatic rings. The van der Waals surface area contributed by atoms with E-state index in [2.05, 4.69) is 10.4 Å². The van der Waals surface area contributed by atoms with Crippen LogP contribution in [0.15, 0.2) is 30.6 Å². The smallest absolute Gasteiger partial charge is 0.331 e. The van der Waals surface area contributed by atoms with E-state index in [1.165, 1.54) is 35.3 Å². The van der Waals surface area contributed by atoms with Crippen molar-refractivity contribution in [1.82, 2.24) is 15.1 Å². The SMILES string of the molecule is Cc1c(O)cccc1C(=O)NC(C(=O)O)c1cnn(C)c1. The normalized spacial score (nSPS) is 11.9. The van der Waals surface area contributed by atoms with Gasteiger partial charge < -0.3 is 15.5 Å². The number of amides is 1. The zero-order valence-electron chi connectivity index (χ0n) is 11.6. The number of carboxylic acid groups (broad SMARTS) is 1. The molecule has 21 heavy (non-hydrogen) atoms. The second-order valence-electron chi connectivity index (χ2n) is 4.64. The Morgan fingerprint density at radius 3 is 2.67 bits per heavy atom. The summed E-state index contributed by atoms with van der Waals surface area (Å²) in [5.41, 5.74) is 0.992. The van der Waals surface area contributed by atoms with Gasteiger partial charge in [0.2, 0.25) is 0 Å². The predicted octanol–water partition coefficient (Wildman–Crippen LogP) is 0.990. The van der Waals surface area contributed by atoms with Crippen LogP contribution in [0.4, 0.5) is 0 Å². The molecule has 0 saturated heterocycles. The van der Waals surface area contributed by atoms with E-state index in [1.807, 2.05) is 0 Å². The van der Waals surface area contributed by atoms with Gasteiger partial charge in [-0.05, 0) is 19.1 Å². The van der Waals surface area contributed by atoms with E-state index in [1.54, 1.807) is 14.0 Å². The summed E-state index contributed by atoms with van der Waals surface area (Å²) in [6.07, 6.45) is 2.91. The molecule has 1 amide bonds. The Balaban J connectivity index is 2.27. The standard InChI is InChI=1S/C14H15N3O4/c1-8-10(4-3-5-11(8)18)13(19)16-12(14(20)21)9-6-15-17(2)7-9/h3-7,12,18H,1-2H3,(H,16,19)(H,20,21). The molecule has 0 radical (unpaired) electrons. The lowest BCUT2D eigenvalue weighted by atomic mass is 10.1. The van der Waals surface area contributed by atoms with Gasteiger partial charge in [0.1, 0.15) is 5.75 Å². The van der Waals surface area contributed by atoms with Gasteiger partial charge >= 0.3 is 5.97 Å². The maximum absolute atomic E-state index is 12.2. The van der Waals surface area contributed by atoms with Crippen molar-refractivity contribution in [2.24, 2.45) is 7.05 Å². The third-order valence-corrected chi connectivity index (χ3v) is 3.13. The van der Waals surface area contributed by atoms with Gasteiger partial charge in [-0.3, -0.25) is 9.48 Å². The summed E-state index contributed by atoms with van der Waals surface area (Å²) in [6, 6.07) is 3.30. The predicted molar refractivity (Wildman–Crippen MR) is 73.9 cm³/mol. The third kappa shape index (κ3) is 3.02. The fraction of sp³-hybridized carbons (Fsp3) is 0.214. The Hall–Kier alpha value is -2.83. The lowest BCUT2D eigenvalue weighted by molar-refractivity contribution is -0.139. The number of rotatable bonds is 4. The van der Waals surface area contributed by atoms with Crippen molar-refractivity contribution in [3.63, 3.8) is 0 Å². The molecule has 3 N–H and O–H groups in total. The van der Waals surface area contributed by atoms with E-state index in [4.69, 9.17) is 0 Å². The number of nitrogens with one attached hydrogen (secondary N) is 1. The number of nitrogens with zero attached hydrogens (tertiary/aromatic N) is 2. The Morgan fingerprint density at radius 1 is 1.38 bits per heavy atom. The van der Waals surface area contributed by atoms with Crippen molar-refractivity contribution in [3.8, 4) is 5.75 Å². The van der Waals surface area contributed by atoms with Crippen molar-refractivity contribution in [3.05, 3.63) is 47.3 Å². The van der Waals surface area contributed by atoms with Crippen LogP contribution in [0.2, 0.25) is 0 Å². The number of aliphatic carboxylic acids is 1. The first kappa shape index (κ1) is 14.6. The molecule has 2 aromatic rings. The highest BCUT2D eigenvalue weighted by atomic mass is 16.4. The molecule has 7 heteroatoms. The molecule has 0 aliphatic heterocycles. The van der Waals surface area contributed by atoms with E-state index < -0.39 is 17.9 Å². The Bertz CT molecular complexity index is 693. The van der Waals surface area contributed by atoms with E-state index in [0.717, 1.165) is 0 Å². The monoisotopic (exact) mass is 289 g/mol. The minimum atomic E-state index is -1.20. The zero-order valence-corrected chi connectivity index (χ0v) is 11.6. The first-order valence-corrected chi connectivity index (χ1v) is 6.21. The number of hydrogen-bond donors (Lipinski definition) is 3. The largest absolute Gasteiger partial charge is 0.508 e. The number of aromatic nitrogens is 2. The quantitative estimate of drug-likeness (QED) is 0.778. The first-order chi connectivity index (χ1) is 9.90. The molecule has 0 bridgehead atoms. The molecule has 110 valence electrons. The molecule has 0 fully saturated rings. The minimum Gasteiger partial charge on any atom is -0.508 e. The Morgan fingerprint density at radius 2 is 2.10 bits per heavy atom. The van der Waals surface area contributed by atoms with Crippen molar-refractivity contribution < 1.29 is 19.8 Å². The van der Waals surface area contributed by atoms with Crippen molar-refractivity contribution in [2.45, 2.75) is 13.0 Å². The van der Waals surface area contributed by atoms with E-state index in [-0.39, 0.29) is 11.3 Å². The summed E-state index contributed by atoms with van der Waals surface area (Å²) >= 11 is 0. The minimum absolute atomic E-state index is 0.0177. The number of carboxylic acids is 1. The van der Waals surface area contributed by atoms with Gasteiger partial charge in [0.15, 0.2) is 6.04 Å². The summed E-state index contributed by atoms with van der Waals surface area (Å²) < 4.78 is 1.46. The van der Waals surface area contributed by atoms with Gasteiger partial charge in [-0.1, -0.05) is 6.07 Å². The van der Waals surface area contributed by atoms with Crippen LogP contribution in [-0.2, 0) is 11.8 Å². The van der Waals surface area contributed by atoms with E-state index in [0.29, 0.717) is 11.1 Å². The topological polar surface area (TPSA) is 104 Å². The number of phenolic OH excluding ortho intramolecular Hbond substituents is 1. The maximum Gasteiger partial charge on any atom is 0.331 e. The highest BCUT2D eigenvalue weighted by Crippen LogP contribution is 2.20. The number of aryl methyl sites for hydroxylation is 1. The summed E-state index contributed by atoms with van der Waals surface area (Å²) in [6.45, 7) is 1.59. The van der Waals surface area contributed by atoms with Crippen molar-refractivity contribution in [2.75, 3.05) is 0 Å². The molecule has 0 spiro atoms. The molecule has 0 aliphatic carbocycles. The number of aromatic hydroxyl groups is 1. The molecular formula is C14H15N3O4. The molecule has 1 heterocycles. The lowest BCUT2D eigenvalue weighted by Crippen LogP contribution is -2.33. The fourth-order valence-corrected chi connectivity index (χ4v) is 1.96. The van der Waals surface area contributed by atoms with Gasteiger partial charge in [0.05, 0.1) is 6.20 Å². The van der Waals surface area contributed by atoms with Crippen LogP contribution in [0.5, 0.6) is 5.75 Å². The van der Waals surface area contributed by atoms with Gasteiger partial charge in [-0.25, -0.2) is 4.79 Å². The fourth-order valence-electron chi connectivity index (χ4n) is 1.96. The summed E-state index contributed by atoms with van der Waals surface area (Å²) in [5.74, 6) is -1.77. The summed E-state index contributed by atoms with van der Waals surface area (Å²) in [4.78, 5) is 23.5. The van der Waals surface area contributed by atoms with E-state index in [9.17, 15) is 19.8 Å². The number of benzene rings is 1. The van der Waals surface area contributed by atoms with Crippen molar-refractivity contribution in [1.29, 1.82) is 0 Å². The molecule has 0 saturated carbocycles. The average Bonchev–Trinajstić information content (AvgIpc) is 2.84. The molecule has 1 unspecified atom stereocenters. The van der Waals surface area contributed by atoms with Crippen LogP contribution in [0.1, 0.15) is 27.5 Å². The van der Waals surface area contributed by atoms with Crippen LogP contribution in [0.3, 0.4) is 0 Å².